The number of halogens is 3. The molecule has 0 aromatic heterocycles. The van der Waals surface area contributed by atoms with E-state index in [-0.39, 0.29) is 23.0 Å². The average Bonchev–Trinajstić information content (AvgIpc) is 3.40. The maximum Gasteiger partial charge on any atom is 0.412 e. The third-order valence-corrected chi connectivity index (χ3v) is 5.87. The van der Waals surface area contributed by atoms with Crippen molar-refractivity contribution in [2.24, 2.45) is 0 Å². The number of carboxylic acids is 4. The number of cyclic esters (lactones) is 1. The molecule has 0 fully saturated rings. The summed E-state index contributed by atoms with van der Waals surface area (Å²) in [6, 6.07) is 18.5. The molecule has 1 unspecified atom stereocenters. The van der Waals surface area contributed by atoms with Crippen molar-refractivity contribution in [1.29, 1.82) is 0 Å². The lowest BCUT2D eigenvalue weighted by Gasteiger charge is -2.10. The molecule has 0 amide bonds. The molecule has 1 atom stereocenters. The highest BCUT2D eigenvalue weighted by atomic mass is 19.4. The quantitative estimate of drug-likeness (QED) is 0.164. The Labute approximate surface area is 277 Å². The molecule has 1 aliphatic heterocycles. The summed E-state index contributed by atoms with van der Waals surface area (Å²) >= 11 is 0. The molecule has 0 saturated carbocycles. The monoisotopic (exact) mass is 692 g/mol. The summed E-state index contributed by atoms with van der Waals surface area (Å²) in [4.78, 5) is 52.6. The number of hydrogen-bond donors (Lipinski definition) is 4. The van der Waals surface area contributed by atoms with E-state index in [9.17, 15) is 37.1 Å². The molecule has 4 N–H and O–H groups in total. The number of carbonyl (C=O) groups is 5. The maximum absolute atomic E-state index is 11.6. The van der Waals surface area contributed by atoms with E-state index < -0.39 is 47.7 Å². The van der Waals surface area contributed by atoms with Gasteiger partial charge in [0.2, 0.25) is 6.10 Å². The highest BCUT2D eigenvalue weighted by Crippen LogP contribution is 2.41. The fourth-order valence-electron chi connectivity index (χ4n) is 3.60. The summed E-state index contributed by atoms with van der Waals surface area (Å²) in [6.07, 6.45) is -3.10. The van der Waals surface area contributed by atoms with Gasteiger partial charge < -0.3 is 39.4 Å². The predicted octanol–water partition coefficient (Wildman–Crippen LogP) is 5.76. The largest absolute Gasteiger partial charge is 0.496 e. The molecule has 0 bridgehead atoms. The van der Waals surface area contributed by atoms with Crippen molar-refractivity contribution in [3.63, 3.8) is 0 Å². The van der Waals surface area contributed by atoms with Crippen LogP contribution in [0.2, 0.25) is 0 Å². The smallest absolute Gasteiger partial charge is 0.412 e. The first-order valence-electron chi connectivity index (χ1n) is 13.5. The lowest BCUT2D eigenvalue weighted by molar-refractivity contribution is -0.146. The van der Waals surface area contributed by atoms with Gasteiger partial charge in [-0.25, -0.2) is 24.0 Å². The van der Waals surface area contributed by atoms with Gasteiger partial charge in [-0.2, -0.15) is 13.2 Å². The first kappa shape index (κ1) is 40.7. The highest BCUT2D eigenvalue weighted by molar-refractivity contribution is 6.01. The molecule has 1 aliphatic rings. The van der Waals surface area contributed by atoms with Gasteiger partial charge in [0.05, 0.1) is 26.9 Å². The zero-order chi connectivity index (χ0) is 37.3. The predicted molar refractivity (Wildman–Crippen MR) is 166 cm³/mol. The molecule has 0 saturated heterocycles. The zero-order valence-corrected chi connectivity index (χ0v) is 26.3. The average molecular weight is 693 g/mol. The number of aromatic carboxylic acids is 1. The Morgan fingerprint density at radius 1 is 0.776 bits per heavy atom. The van der Waals surface area contributed by atoms with Crippen LogP contribution in [-0.4, -0.2) is 77.8 Å². The van der Waals surface area contributed by atoms with Crippen molar-refractivity contribution in [1.82, 2.24) is 0 Å². The number of alkyl halides is 3. The summed E-state index contributed by atoms with van der Waals surface area (Å²) in [5.74, 6) is -4.16. The van der Waals surface area contributed by atoms with E-state index >= 15 is 0 Å². The standard InChI is InChI=1S/C11H10O6.C10H10O3.C7H6O2.C5H5F3O2/c1-15-6-4-3-5-7(9(6)16-2)11(14)17-8(5)10(12)13;1-13-9-5-3-2-4-8(9)6-7-10(11)12;8-7(9)6-4-2-1-3-5-6;1-3(2-4(9)10)5(6,7)8/h3-4,8H,1-2H3,(H,12,13);2-7H,1H3,(H,11,12);1-5H,(H,8,9);2H,1H3,(H,9,10). The number of ether oxygens (including phenoxy) is 4. The van der Waals surface area contributed by atoms with Crippen molar-refractivity contribution in [3.8, 4) is 17.2 Å². The van der Waals surface area contributed by atoms with Gasteiger partial charge in [0, 0.05) is 28.9 Å². The minimum Gasteiger partial charge on any atom is -0.496 e. The number of fused-ring (bicyclic) bond motifs is 1. The van der Waals surface area contributed by atoms with Crippen LogP contribution < -0.4 is 14.2 Å². The van der Waals surface area contributed by atoms with Gasteiger partial charge >= 0.3 is 36.0 Å². The number of methoxy groups -OCH3 is 3. The van der Waals surface area contributed by atoms with Crippen LogP contribution in [0.15, 0.2) is 84.5 Å². The fraction of sp³-hybridized carbons (Fsp3) is 0.182. The van der Waals surface area contributed by atoms with Crippen LogP contribution in [0, 0.1) is 0 Å². The van der Waals surface area contributed by atoms with Gasteiger partial charge in [-0.1, -0.05) is 36.4 Å². The molecule has 0 radical (unpaired) electrons. The SMILES string of the molecule is CC(=CC(=O)O)C(F)(F)F.COc1ccc2c(c1OC)C(=O)OC2C(=O)O.COc1ccccc1C=CC(=O)O.O=C(O)c1ccccc1. The van der Waals surface area contributed by atoms with Crippen molar-refractivity contribution >= 4 is 35.9 Å². The summed E-state index contributed by atoms with van der Waals surface area (Å²) in [7, 11) is 4.35. The van der Waals surface area contributed by atoms with Gasteiger partial charge in [0.25, 0.3) is 0 Å². The molecule has 1 heterocycles. The van der Waals surface area contributed by atoms with E-state index in [0.717, 1.165) is 11.6 Å². The molecule has 3 aromatic rings. The molecule has 262 valence electrons. The Morgan fingerprint density at radius 2 is 1.35 bits per heavy atom. The number of allylic oxidation sites excluding steroid dienone is 1. The number of para-hydroxylation sites is 1. The van der Waals surface area contributed by atoms with Gasteiger partial charge in [-0.15, -0.1) is 0 Å². The lowest BCUT2D eigenvalue weighted by atomic mass is 10.0. The number of hydrogen-bond acceptors (Lipinski definition) is 9. The van der Waals surface area contributed by atoms with E-state index in [1.54, 1.807) is 49.6 Å². The van der Waals surface area contributed by atoms with E-state index in [4.69, 9.17) is 39.4 Å². The van der Waals surface area contributed by atoms with Gasteiger partial charge in [-0.3, -0.25) is 0 Å². The summed E-state index contributed by atoms with van der Waals surface area (Å²) in [6.45, 7) is 0.702. The second kappa shape index (κ2) is 19.4. The van der Waals surface area contributed by atoms with Gasteiger partial charge in [0.1, 0.15) is 11.3 Å². The number of aliphatic carboxylic acids is 3. The van der Waals surface area contributed by atoms with Crippen LogP contribution in [0.3, 0.4) is 0 Å². The second-order valence-corrected chi connectivity index (χ2v) is 9.14. The number of rotatable bonds is 8. The van der Waals surface area contributed by atoms with Crippen molar-refractivity contribution < 1.29 is 76.5 Å². The van der Waals surface area contributed by atoms with Crippen molar-refractivity contribution in [2.75, 3.05) is 21.3 Å². The molecule has 4 rings (SSSR count). The minimum atomic E-state index is -4.53. The zero-order valence-electron chi connectivity index (χ0n) is 26.3. The van der Waals surface area contributed by atoms with E-state index in [2.05, 4.69) is 0 Å². The Balaban J connectivity index is 0.000000338. The summed E-state index contributed by atoms with van der Waals surface area (Å²) in [5, 5.41) is 33.6. The van der Waals surface area contributed by atoms with E-state index in [1.807, 2.05) is 12.1 Å². The third kappa shape index (κ3) is 13.1. The molecule has 3 aromatic carbocycles. The Bertz CT molecular complexity index is 1680. The fourth-order valence-corrected chi connectivity index (χ4v) is 3.60. The topological polar surface area (TPSA) is 203 Å². The number of carbonyl (C=O) groups excluding carboxylic acids is 1. The van der Waals surface area contributed by atoms with Gasteiger partial charge in [0.15, 0.2) is 11.5 Å². The molecule has 13 nitrogen and oxygen atoms in total. The van der Waals surface area contributed by atoms with Crippen molar-refractivity contribution in [3.05, 3.63) is 107 Å². The first-order valence-corrected chi connectivity index (χ1v) is 13.5. The first-order chi connectivity index (χ1) is 23.0. The Hall–Kier alpha value is -6.32. The Morgan fingerprint density at radius 3 is 1.78 bits per heavy atom. The summed E-state index contributed by atoms with van der Waals surface area (Å²) in [5.41, 5.74) is 0.365. The van der Waals surface area contributed by atoms with Crippen LogP contribution in [0.25, 0.3) is 6.08 Å². The van der Waals surface area contributed by atoms with Crippen LogP contribution in [0.5, 0.6) is 17.2 Å². The van der Waals surface area contributed by atoms with Crippen LogP contribution in [0.1, 0.15) is 44.9 Å². The summed E-state index contributed by atoms with van der Waals surface area (Å²) < 4.78 is 54.3. The van der Waals surface area contributed by atoms with Crippen LogP contribution in [0.4, 0.5) is 13.2 Å². The van der Waals surface area contributed by atoms with E-state index in [1.165, 1.54) is 32.4 Å². The molecule has 0 aliphatic carbocycles. The minimum absolute atomic E-state index is 0.110. The number of benzene rings is 3. The highest BCUT2D eigenvalue weighted by Gasteiger charge is 2.39. The molecule has 0 spiro atoms. The van der Waals surface area contributed by atoms with Crippen LogP contribution in [-0.2, 0) is 19.1 Å². The number of carboxylic acid groups (broad SMARTS) is 4. The lowest BCUT2D eigenvalue weighted by Crippen LogP contribution is -2.10. The maximum atomic E-state index is 11.6. The number of esters is 1. The van der Waals surface area contributed by atoms with Gasteiger partial charge in [-0.05, 0) is 43.3 Å². The molecule has 49 heavy (non-hydrogen) atoms. The van der Waals surface area contributed by atoms with Crippen molar-refractivity contribution in [2.45, 2.75) is 19.2 Å². The molecular weight excluding hydrogens is 661 g/mol. The second-order valence-electron chi connectivity index (χ2n) is 9.14. The van der Waals surface area contributed by atoms with E-state index in [0.29, 0.717) is 24.0 Å². The molecular formula is C33H31F3O13. The Kier molecular flexibility index (Phi) is 16.1. The third-order valence-electron chi connectivity index (χ3n) is 5.87. The van der Waals surface area contributed by atoms with Crippen LogP contribution >= 0.6 is 0 Å². The molecule has 16 heteroatoms. The normalized spacial score (nSPS) is 13.1.